The van der Waals surface area contributed by atoms with E-state index >= 15 is 0 Å². The fourth-order valence-corrected chi connectivity index (χ4v) is 3.61. The summed E-state index contributed by atoms with van der Waals surface area (Å²) < 4.78 is 1.72. The van der Waals surface area contributed by atoms with Crippen LogP contribution in [0.25, 0.3) is 5.78 Å². The van der Waals surface area contributed by atoms with Crippen LogP contribution >= 0.6 is 11.8 Å². The molecule has 0 saturated carbocycles. The van der Waals surface area contributed by atoms with E-state index in [0.717, 1.165) is 22.7 Å². The molecule has 0 aliphatic carbocycles. The molecule has 6 nitrogen and oxygen atoms in total. The molecule has 1 N–H and O–H groups in total. The number of fused-ring (bicyclic) bond motifs is 1. The molecule has 0 fully saturated rings. The molecule has 0 saturated heterocycles. The smallest absolute Gasteiger partial charge is 0.252 e. The Hall–Kier alpha value is -2.41. The van der Waals surface area contributed by atoms with E-state index in [2.05, 4.69) is 51.6 Å². The zero-order chi connectivity index (χ0) is 18.5. The molecule has 0 unspecified atom stereocenters. The number of aryl methyl sites for hydroxylation is 3. The molecule has 3 aromatic rings. The maximum Gasteiger partial charge on any atom is 0.252 e. The number of carbonyl (C=O) groups excluding carboxylic acids is 1. The third kappa shape index (κ3) is 4.40. The highest BCUT2D eigenvalue weighted by Gasteiger charge is 2.12. The number of hydrogen-bond acceptors (Lipinski definition) is 5. The fraction of sp³-hybridized carbons (Fsp3) is 0.368. The van der Waals surface area contributed by atoms with Crippen molar-refractivity contribution in [2.75, 3.05) is 12.3 Å². The predicted octanol–water partition coefficient (Wildman–Crippen LogP) is 2.89. The minimum atomic E-state index is 0.0620. The second-order valence-electron chi connectivity index (χ2n) is 6.24. The second kappa shape index (κ2) is 8.31. The number of aromatic nitrogens is 4. The van der Waals surface area contributed by atoms with Crippen LogP contribution in [0.4, 0.5) is 0 Å². The minimum absolute atomic E-state index is 0.0620. The first-order valence-corrected chi connectivity index (χ1v) is 9.65. The van der Waals surface area contributed by atoms with Crippen LogP contribution in [0.3, 0.4) is 0 Å². The molecule has 7 heteroatoms. The fourth-order valence-electron chi connectivity index (χ4n) is 2.84. The summed E-state index contributed by atoms with van der Waals surface area (Å²) in [6.07, 6.45) is 2.59. The van der Waals surface area contributed by atoms with E-state index in [9.17, 15) is 4.79 Å². The number of rotatable bonds is 7. The lowest BCUT2D eigenvalue weighted by Crippen LogP contribution is -2.26. The molecule has 0 bridgehead atoms. The highest BCUT2D eigenvalue weighted by Crippen LogP contribution is 2.17. The predicted molar refractivity (Wildman–Crippen MR) is 103 cm³/mol. The van der Waals surface area contributed by atoms with Crippen molar-refractivity contribution >= 4 is 23.4 Å². The molecule has 0 atom stereocenters. The first-order valence-electron chi connectivity index (χ1n) is 8.66. The highest BCUT2D eigenvalue weighted by molar-refractivity contribution is 7.99. The summed E-state index contributed by atoms with van der Waals surface area (Å²) >= 11 is 1.75. The zero-order valence-corrected chi connectivity index (χ0v) is 16.1. The summed E-state index contributed by atoms with van der Waals surface area (Å²) in [5, 5.41) is 7.17. The van der Waals surface area contributed by atoms with Gasteiger partial charge >= 0.3 is 0 Å². The second-order valence-corrected chi connectivity index (χ2v) is 7.41. The highest BCUT2D eigenvalue weighted by atomic mass is 32.2. The Morgan fingerprint density at radius 1 is 1.19 bits per heavy atom. The summed E-state index contributed by atoms with van der Waals surface area (Å²) in [7, 11) is 0. The third-order valence-electron chi connectivity index (χ3n) is 4.30. The van der Waals surface area contributed by atoms with Crippen molar-refractivity contribution < 1.29 is 4.79 Å². The summed E-state index contributed by atoms with van der Waals surface area (Å²) in [6, 6.07) is 8.43. The summed E-state index contributed by atoms with van der Waals surface area (Å²) in [5.41, 5.74) is 4.22. The van der Waals surface area contributed by atoms with Gasteiger partial charge in [0.15, 0.2) is 0 Å². The van der Waals surface area contributed by atoms with Gasteiger partial charge in [0.1, 0.15) is 6.33 Å². The van der Waals surface area contributed by atoms with Crippen LogP contribution in [0.2, 0.25) is 0 Å². The van der Waals surface area contributed by atoms with Crippen LogP contribution in [0.1, 0.15) is 28.9 Å². The van der Waals surface area contributed by atoms with Gasteiger partial charge < -0.3 is 5.32 Å². The van der Waals surface area contributed by atoms with Crippen molar-refractivity contribution in [1.29, 1.82) is 0 Å². The molecule has 2 aromatic heterocycles. The molecule has 0 spiro atoms. The van der Waals surface area contributed by atoms with Crippen molar-refractivity contribution in [3.05, 3.63) is 53.1 Å². The normalized spacial score (nSPS) is 11.0. The maximum atomic E-state index is 12.1. The number of nitrogens with zero attached hydrogens (tertiary/aromatic N) is 4. The quantitative estimate of drug-likeness (QED) is 0.512. The van der Waals surface area contributed by atoms with Gasteiger partial charge in [0.25, 0.3) is 5.78 Å². The Morgan fingerprint density at radius 3 is 2.73 bits per heavy atom. The number of amides is 1. The van der Waals surface area contributed by atoms with Crippen LogP contribution in [0.5, 0.6) is 0 Å². The van der Waals surface area contributed by atoms with E-state index in [-0.39, 0.29) is 5.91 Å². The van der Waals surface area contributed by atoms with Gasteiger partial charge in [0, 0.05) is 35.0 Å². The molecular formula is C19H23N5OS. The lowest BCUT2D eigenvalue weighted by molar-refractivity contribution is -0.120. The van der Waals surface area contributed by atoms with Crippen molar-refractivity contribution in [2.24, 2.45) is 0 Å². The molecule has 0 aliphatic heterocycles. The van der Waals surface area contributed by atoms with Crippen LogP contribution < -0.4 is 5.32 Å². The monoisotopic (exact) mass is 369 g/mol. The van der Waals surface area contributed by atoms with Gasteiger partial charge in [-0.05, 0) is 44.9 Å². The van der Waals surface area contributed by atoms with E-state index in [4.69, 9.17) is 0 Å². The molecule has 1 aromatic carbocycles. The van der Waals surface area contributed by atoms with E-state index in [1.54, 1.807) is 16.3 Å². The lowest BCUT2D eigenvalue weighted by Gasteiger charge is -2.10. The number of thioether (sulfide) groups is 1. The van der Waals surface area contributed by atoms with Gasteiger partial charge in [-0.25, -0.2) is 9.50 Å². The Kier molecular flexibility index (Phi) is 5.88. The van der Waals surface area contributed by atoms with Gasteiger partial charge in [-0.3, -0.25) is 4.79 Å². The van der Waals surface area contributed by atoms with Crippen LogP contribution in [0.15, 0.2) is 35.5 Å². The summed E-state index contributed by atoms with van der Waals surface area (Å²) in [6.45, 7) is 6.68. The molecular weight excluding hydrogens is 346 g/mol. The van der Waals surface area contributed by atoms with Crippen molar-refractivity contribution in [1.82, 2.24) is 24.9 Å². The number of nitrogens with one attached hydrogen (secondary N) is 1. The molecule has 3 rings (SSSR count). The standard InChI is InChI=1S/C19H23N5OS/c1-13-4-6-16(7-5-13)26-11-10-20-18(25)9-8-17-14(2)23-19-21-12-22-24(19)15(17)3/h4-7,12H,8-11H2,1-3H3,(H,20,25). The van der Waals surface area contributed by atoms with Crippen LogP contribution in [-0.2, 0) is 11.2 Å². The molecule has 1 amide bonds. The molecule has 26 heavy (non-hydrogen) atoms. The van der Waals surface area contributed by atoms with E-state index in [1.807, 2.05) is 13.8 Å². The van der Waals surface area contributed by atoms with E-state index < -0.39 is 0 Å². The van der Waals surface area contributed by atoms with Crippen molar-refractivity contribution in [3.8, 4) is 0 Å². The zero-order valence-electron chi connectivity index (χ0n) is 15.3. The topological polar surface area (TPSA) is 72.2 Å². The average Bonchev–Trinajstić information content (AvgIpc) is 3.08. The SMILES string of the molecule is Cc1ccc(SCCNC(=O)CCc2c(C)nc3ncnn3c2C)cc1. The van der Waals surface area contributed by atoms with Gasteiger partial charge in [-0.1, -0.05) is 17.7 Å². The number of carbonyl (C=O) groups is 1. The van der Waals surface area contributed by atoms with Crippen LogP contribution in [-0.4, -0.2) is 37.8 Å². The van der Waals surface area contributed by atoms with E-state index in [1.165, 1.54) is 16.8 Å². The average molecular weight is 369 g/mol. The summed E-state index contributed by atoms with van der Waals surface area (Å²) in [4.78, 5) is 21.9. The number of benzene rings is 1. The van der Waals surface area contributed by atoms with Gasteiger partial charge in [0.05, 0.1) is 0 Å². The van der Waals surface area contributed by atoms with E-state index in [0.29, 0.717) is 25.2 Å². The summed E-state index contributed by atoms with van der Waals surface area (Å²) in [5.74, 6) is 1.52. The van der Waals surface area contributed by atoms with Crippen molar-refractivity contribution in [2.45, 2.75) is 38.5 Å². The minimum Gasteiger partial charge on any atom is -0.355 e. The largest absolute Gasteiger partial charge is 0.355 e. The molecule has 136 valence electrons. The Balaban J connectivity index is 1.46. The molecule has 0 radical (unpaired) electrons. The van der Waals surface area contributed by atoms with Gasteiger partial charge in [-0.15, -0.1) is 11.8 Å². The Labute approximate surface area is 157 Å². The first-order chi connectivity index (χ1) is 12.5. The van der Waals surface area contributed by atoms with Crippen molar-refractivity contribution in [3.63, 3.8) is 0 Å². The lowest BCUT2D eigenvalue weighted by atomic mass is 10.1. The van der Waals surface area contributed by atoms with Gasteiger partial charge in [0.2, 0.25) is 5.91 Å². The van der Waals surface area contributed by atoms with Crippen LogP contribution in [0, 0.1) is 20.8 Å². The molecule has 0 aliphatic rings. The Morgan fingerprint density at radius 2 is 1.96 bits per heavy atom. The first kappa shape index (κ1) is 18.4. The van der Waals surface area contributed by atoms with Gasteiger partial charge in [-0.2, -0.15) is 10.1 Å². The Bertz CT molecular complexity index is 904. The third-order valence-corrected chi connectivity index (χ3v) is 5.32. The number of hydrogen-bond donors (Lipinski definition) is 1. The molecule has 2 heterocycles. The maximum absolute atomic E-state index is 12.1.